The maximum atomic E-state index is 12.3. The molecule has 7 heteroatoms. The second kappa shape index (κ2) is 8.84. The van der Waals surface area contributed by atoms with Crippen LogP contribution < -0.4 is 19.7 Å². The first-order valence-corrected chi connectivity index (χ1v) is 10.8. The Hall–Kier alpha value is -3.27. The maximum Gasteiger partial charge on any atom is 0.257 e. The van der Waals surface area contributed by atoms with E-state index in [2.05, 4.69) is 21.3 Å². The number of nitriles is 1. The quantitative estimate of drug-likeness (QED) is 0.773. The molecule has 7 nitrogen and oxygen atoms in total. The molecule has 1 amide bonds. The standard InChI is InChI=1S/C24H28N4O3/c1-24(2)13-18-5-3-7-20(22(18)31-24)30-16-21(29)27-15-17-8-11-28(12-9-17)23-19(14-25)6-4-10-26-23/h3-7,10,17H,8-9,11-13,15-16H2,1-2H3,(H,27,29). The van der Waals surface area contributed by atoms with Gasteiger partial charge in [0.05, 0.1) is 5.56 Å². The van der Waals surface area contributed by atoms with Crippen LogP contribution in [0.15, 0.2) is 36.5 Å². The first-order chi connectivity index (χ1) is 14.9. The highest BCUT2D eigenvalue weighted by Gasteiger charge is 2.32. The number of pyridine rings is 1. The average Bonchev–Trinajstić information content (AvgIpc) is 3.11. The van der Waals surface area contributed by atoms with Crippen molar-refractivity contribution < 1.29 is 14.3 Å². The first-order valence-electron chi connectivity index (χ1n) is 10.8. The second-order valence-electron chi connectivity index (χ2n) is 8.79. The Morgan fingerprint density at radius 3 is 2.90 bits per heavy atom. The summed E-state index contributed by atoms with van der Waals surface area (Å²) in [5, 5.41) is 12.3. The number of nitrogens with one attached hydrogen (secondary N) is 1. The molecule has 2 aromatic rings. The van der Waals surface area contributed by atoms with Crippen molar-refractivity contribution in [2.75, 3.05) is 31.1 Å². The van der Waals surface area contributed by atoms with E-state index in [1.807, 2.05) is 32.0 Å². The van der Waals surface area contributed by atoms with Gasteiger partial charge < -0.3 is 19.7 Å². The number of nitrogens with zero attached hydrogens (tertiary/aromatic N) is 3. The molecule has 0 atom stereocenters. The van der Waals surface area contributed by atoms with Gasteiger partial charge in [0, 0.05) is 37.8 Å². The maximum absolute atomic E-state index is 12.3. The summed E-state index contributed by atoms with van der Waals surface area (Å²) in [5.74, 6) is 2.39. The van der Waals surface area contributed by atoms with Gasteiger partial charge >= 0.3 is 0 Å². The monoisotopic (exact) mass is 420 g/mol. The summed E-state index contributed by atoms with van der Waals surface area (Å²) in [6, 6.07) is 11.6. The number of benzene rings is 1. The van der Waals surface area contributed by atoms with Gasteiger partial charge in [-0.25, -0.2) is 4.98 Å². The van der Waals surface area contributed by atoms with Gasteiger partial charge in [-0.2, -0.15) is 5.26 Å². The van der Waals surface area contributed by atoms with Crippen molar-refractivity contribution in [3.05, 3.63) is 47.7 Å². The third kappa shape index (κ3) is 4.91. The molecule has 0 spiro atoms. The number of amides is 1. The van der Waals surface area contributed by atoms with Crippen LogP contribution in [0.3, 0.4) is 0 Å². The van der Waals surface area contributed by atoms with E-state index in [-0.39, 0.29) is 18.1 Å². The number of aromatic nitrogens is 1. The molecule has 0 saturated carbocycles. The minimum Gasteiger partial charge on any atom is -0.483 e. The van der Waals surface area contributed by atoms with E-state index in [9.17, 15) is 10.1 Å². The van der Waals surface area contributed by atoms with E-state index >= 15 is 0 Å². The Balaban J connectivity index is 1.22. The van der Waals surface area contributed by atoms with E-state index < -0.39 is 0 Å². The number of rotatable bonds is 6. The molecule has 0 bridgehead atoms. The third-order valence-corrected chi connectivity index (χ3v) is 5.82. The van der Waals surface area contributed by atoms with Crippen LogP contribution in [0.1, 0.15) is 37.8 Å². The molecule has 1 aromatic heterocycles. The predicted molar refractivity (Wildman–Crippen MR) is 117 cm³/mol. The van der Waals surface area contributed by atoms with Crippen LogP contribution >= 0.6 is 0 Å². The Kier molecular flexibility index (Phi) is 5.99. The molecule has 0 radical (unpaired) electrons. The summed E-state index contributed by atoms with van der Waals surface area (Å²) in [5.41, 5.74) is 1.47. The molecule has 3 heterocycles. The largest absolute Gasteiger partial charge is 0.483 e. The van der Waals surface area contributed by atoms with Gasteiger partial charge in [-0.1, -0.05) is 12.1 Å². The molecular weight excluding hydrogens is 392 g/mol. The molecule has 0 unspecified atom stereocenters. The number of carbonyl (C=O) groups is 1. The van der Waals surface area contributed by atoms with Gasteiger partial charge in [-0.05, 0) is 50.8 Å². The van der Waals surface area contributed by atoms with Crippen LogP contribution in [0.25, 0.3) is 0 Å². The van der Waals surface area contributed by atoms with E-state index in [1.54, 1.807) is 18.3 Å². The molecule has 1 saturated heterocycles. The first kappa shape index (κ1) is 21.0. The number of anilines is 1. The smallest absolute Gasteiger partial charge is 0.257 e. The Bertz CT molecular complexity index is 991. The van der Waals surface area contributed by atoms with Crippen LogP contribution in [-0.4, -0.2) is 42.7 Å². The van der Waals surface area contributed by atoms with E-state index in [1.165, 1.54) is 0 Å². The minimum atomic E-state index is -0.248. The fourth-order valence-electron chi connectivity index (χ4n) is 4.24. The molecule has 2 aliphatic rings. The summed E-state index contributed by atoms with van der Waals surface area (Å²) in [6.45, 7) is 6.34. The van der Waals surface area contributed by atoms with Crippen LogP contribution in [-0.2, 0) is 11.2 Å². The van der Waals surface area contributed by atoms with Crippen molar-refractivity contribution >= 4 is 11.7 Å². The molecule has 0 aliphatic carbocycles. The highest BCUT2D eigenvalue weighted by Crippen LogP contribution is 2.41. The molecule has 4 rings (SSSR count). The van der Waals surface area contributed by atoms with Crippen LogP contribution in [0.4, 0.5) is 5.82 Å². The predicted octanol–water partition coefficient (Wildman–Crippen LogP) is 3.08. The molecule has 31 heavy (non-hydrogen) atoms. The summed E-state index contributed by atoms with van der Waals surface area (Å²) in [6.07, 6.45) is 4.44. The summed E-state index contributed by atoms with van der Waals surface area (Å²) >= 11 is 0. The zero-order valence-electron chi connectivity index (χ0n) is 18.1. The van der Waals surface area contributed by atoms with Crippen molar-refractivity contribution in [3.8, 4) is 17.6 Å². The molecule has 1 fully saturated rings. The lowest BCUT2D eigenvalue weighted by Gasteiger charge is -2.33. The van der Waals surface area contributed by atoms with E-state index in [0.717, 1.165) is 49.5 Å². The fraction of sp³-hybridized carbons (Fsp3) is 0.458. The number of ether oxygens (including phenoxy) is 2. The minimum absolute atomic E-state index is 0.0292. The number of hydrogen-bond donors (Lipinski definition) is 1. The lowest BCUT2D eigenvalue weighted by molar-refractivity contribution is -0.123. The van der Waals surface area contributed by atoms with Gasteiger partial charge in [0.1, 0.15) is 17.5 Å². The van der Waals surface area contributed by atoms with Crippen LogP contribution in [0.2, 0.25) is 0 Å². The summed E-state index contributed by atoms with van der Waals surface area (Å²) in [4.78, 5) is 18.8. The number of fused-ring (bicyclic) bond motifs is 1. The molecule has 162 valence electrons. The SMILES string of the molecule is CC1(C)Cc2cccc(OCC(=O)NCC3CCN(c4ncccc4C#N)CC3)c2O1. The summed E-state index contributed by atoms with van der Waals surface area (Å²) < 4.78 is 11.7. The van der Waals surface area contributed by atoms with Gasteiger partial charge in [0.25, 0.3) is 5.91 Å². The summed E-state index contributed by atoms with van der Waals surface area (Å²) in [7, 11) is 0. The molecule has 1 aromatic carbocycles. The highest BCUT2D eigenvalue weighted by molar-refractivity contribution is 5.77. The topological polar surface area (TPSA) is 87.5 Å². The van der Waals surface area contributed by atoms with Gasteiger partial charge in [0.15, 0.2) is 18.1 Å². The van der Waals surface area contributed by atoms with Crippen LogP contribution in [0, 0.1) is 17.2 Å². The van der Waals surface area contributed by atoms with Crippen molar-refractivity contribution in [2.45, 2.75) is 38.7 Å². The van der Waals surface area contributed by atoms with Crippen molar-refractivity contribution in [2.24, 2.45) is 5.92 Å². The molecule has 1 N–H and O–H groups in total. The second-order valence-corrected chi connectivity index (χ2v) is 8.79. The highest BCUT2D eigenvalue weighted by atomic mass is 16.5. The van der Waals surface area contributed by atoms with Crippen LogP contribution in [0.5, 0.6) is 11.5 Å². The zero-order chi connectivity index (χ0) is 21.8. The van der Waals surface area contributed by atoms with E-state index in [4.69, 9.17) is 9.47 Å². The van der Waals surface area contributed by atoms with Gasteiger partial charge in [0.2, 0.25) is 0 Å². The average molecular weight is 421 g/mol. The van der Waals surface area contributed by atoms with Crippen molar-refractivity contribution in [3.63, 3.8) is 0 Å². The fourth-order valence-corrected chi connectivity index (χ4v) is 4.24. The Morgan fingerprint density at radius 1 is 1.32 bits per heavy atom. The number of hydrogen-bond acceptors (Lipinski definition) is 6. The number of para-hydroxylation sites is 1. The number of piperidine rings is 1. The lowest BCUT2D eigenvalue weighted by Crippen LogP contribution is -2.40. The number of carbonyl (C=O) groups excluding carboxylic acids is 1. The van der Waals surface area contributed by atoms with Crippen molar-refractivity contribution in [1.29, 1.82) is 5.26 Å². The van der Waals surface area contributed by atoms with Crippen molar-refractivity contribution in [1.82, 2.24) is 10.3 Å². The van der Waals surface area contributed by atoms with Gasteiger partial charge in [-0.3, -0.25) is 4.79 Å². The zero-order valence-corrected chi connectivity index (χ0v) is 18.1. The molecular formula is C24H28N4O3. The lowest BCUT2D eigenvalue weighted by atomic mass is 9.96. The van der Waals surface area contributed by atoms with Gasteiger partial charge in [-0.15, -0.1) is 0 Å². The molecule has 2 aliphatic heterocycles. The Labute approximate surface area is 183 Å². The Morgan fingerprint density at radius 2 is 2.13 bits per heavy atom. The normalized spacial score (nSPS) is 17.4. The third-order valence-electron chi connectivity index (χ3n) is 5.82. The van der Waals surface area contributed by atoms with E-state index in [0.29, 0.717) is 23.8 Å².